The molecule has 6 nitrogen and oxygen atoms in total. The average Bonchev–Trinajstić information content (AvgIpc) is 2.80. The molecule has 0 saturated carbocycles. The van der Waals surface area contributed by atoms with Crippen LogP contribution in [0.3, 0.4) is 0 Å². The van der Waals surface area contributed by atoms with Crippen molar-refractivity contribution in [2.75, 3.05) is 19.7 Å². The summed E-state index contributed by atoms with van der Waals surface area (Å²) in [7, 11) is 0. The average molecular weight is 531 g/mol. The van der Waals surface area contributed by atoms with Gasteiger partial charge in [-0.2, -0.15) is 5.10 Å². The van der Waals surface area contributed by atoms with Crippen molar-refractivity contribution in [1.29, 1.82) is 0 Å². The van der Waals surface area contributed by atoms with Gasteiger partial charge in [-0.25, -0.2) is 5.43 Å². The van der Waals surface area contributed by atoms with Crippen LogP contribution < -0.4 is 15.5 Å². The van der Waals surface area contributed by atoms with Crippen LogP contribution in [0.2, 0.25) is 5.02 Å². The molecule has 0 radical (unpaired) electrons. The van der Waals surface area contributed by atoms with E-state index in [1.807, 2.05) is 25.1 Å². The van der Waals surface area contributed by atoms with Crippen LogP contribution in [-0.2, 0) is 6.42 Å². The zero-order valence-electron chi connectivity index (χ0n) is 18.1. The Morgan fingerprint density at radius 1 is 1.12 bits per heavy atom. The van der Waals surface area contributed by atoms with Gasteiger partial charge in [0.25, 0.3) is 5.91 Å². The van der Waals surface area contributed by atoms with E-state index in [2.05, 4.69) is 56.0 Å². The Labute approximate surface area is 206 Å². The maximum absolute atomic E-state index is 12.1. The lowest BCUT2D eigenvalue weighted by Crippen LogP contribution is -2.23. The summed E-state index contributed by atoms with van der Waals surface area (Å²) in [5.74, 6) is 0.284. The van der Waals surface area contributed by atoms with Gasteiger partial charge < -0.3 is 15.2 Å². The molecule has 0 heterocycles. The molecule has 172 valence electrons. The van der Waals surface area contributed by atoms with Crippen molar-refractivity contribution >= 4 is 39.7 Å². The van der Waals surface area contributed by atoms with Gasteiger partial charge in [-0.1, -0.05) is 39.7 Å². The molecule has 0 aliphatic carbocycles. The van der Waals surface area contributed by atoms with Gasteiger partial charge in [0.15, 0.2) is 0 Å². The first kappa shape index (κ1) is 24.8. The van der Waals surface area contributed by atoms with Gasteiger partial charge in [0.2, 0.25) is 0 Å². The van der Waals surface area contributed by atoms with Gasteiger partial charge in [-0.15, -0.1) is 0 Å². The molecule has 0 unspecified atom stereocenters. The number of carbonyl (C=O) groups is 1. The maximum atomic E-state index is 12.1. The number of hydrogen-bond acceptors (Lipinski definition) is 5. The molecule has 0 atom stereocenters. The summed E-state index contributed by atoms with van der Waals surface area (Å²) < 4.78 is 6.90. The number of hydrogen-bond donors (Lipinski definition) is 3. The number of nitrogens with zero attached hydrogens (tertiary/aromatic N) is 1. The Balaban J connectivity index is 1.40. The van der Waals surface area contributed by atoms with E-state index in [9.17, 15) is 9.90 Å². The minimum absolute atomic E-state index is 0.0776. The minimum Gasteiger partial charge on any atom is -0.506 e. The van der Waals surface area contributed by atoms with Crippen molar-refractivity contribution in [3.05, 3.63) is 92.4 Å². The number of benzene rings is 3. The molecule has 1 amide bonds. The maximum Gasteiger partial charge on any atom is 0.271 e. The summed E-state index contributed by atoms with van der Waals surface area (Å²) in [6, 6.07) is 18.2. The SMILES string of the molecule is Cc1cc(OCCNCCc2ccc(Br)cc2)ccc1/C=N\NC(=O)c1ccc(O)c(Cl)c1. The van der Waals surface area contributed by atoms with Crippen LogP contribution in [0.4, 0.5) is 0 Å². The number of aryl methyl sites for hydroxylation is 1. The number of amides is 1. The van der Waals surface area contributed by atoms with Gasteiger partial charge in [0, 0.05) is 16.6 Å². The highest BCUT2D eigenvalue weighted by atomic mass is 79.9. The van der Waals surface area contributed by atoms with Gasteiger partial charge in [0.05, 0.1) is 11.2 Å². The number of phenols is 1. The van der Waals surface area contributed by atoms with Crippen LogP contribution in [0.5, 0.6) is 11.5 Å². The van der Waals surface area contributed by atoms with E-state index >= 15 is 0 Å². The highest BCUT2D eigenvalue weighted by Crippen LogP contribution is 2.23. The topological polar surface area (TPSA) is 83.0 Å². The van der Waals surface area contributed by atoms with Crippen LogP contribution in [0.25, 0.3) is 0 Å². The number of rotatable bonds is 10. The molecule has 0 aliphatic heterocycles. The zero-order valence-corrected chi connectivity index (χ0v) is 20.5. The summed E-state index contributed by atoms with van der Waals surface area (Å²) in [6.45, 7) is 4.16. The molecule has 3 N–H and O–H groups in total. The van der Waals surface area contributed by atoms with Crippen LogP contribution in [-0.4, -0.2) is 36.9 Å². The van der Waals surface area contributed by atoms with E-state index in [1.54, 1.807) is 6.21 Å². The zero-order chi connectivity index (χ0) is 23.6. The number of halogens is 2. The second-order valence-corrected chi connectivity index (χ2v) is 8.68. The van der Waals surface area contributed by atoms with E-state index in [1.165, 1.54) is 23.8 Å². The lowest BCUT2D eigenvalue weighted by Gasteiger charge is -2.09. The summed E-state index contributed by atoms with van der Waals surface area (Å²) in [5.41, 5.74) is 5.89. The van der Waals surface area contributed by atoms with Crippen LogP contribution in [0.15, 0.2) is 70.2 Å². The van der Waals surface area contributed by atoms with E-state index in [0.717, 1.165) is 40.9 Å². The monoisotopic (exact) mass is 529 g/mol. The first-order chi connectivity index (χ1) is 15.9. The van der Waals surface area contributed by atoms with E-state index in [4.69, 9.17) is 16.3 Å². The standard InChI is InChI=1S/C25H25BrClN3O3/c1-17-14-22(33-13-12-28-11-10-18-2-6-21(26)7-3-18)8-4-20(17)16-29-30-25(32)19-5-9-24(31)23(27)15-19/h2-9,14-16,28,31H,10-13H2,1H3,(H,30,32)/b29-16-. The molecular weight excluding hydrogens is 506 g/mol. The third kappa shape index (κ3) is 7.89. The molecule has 0 fully saturated rings. The Morgan fingerprint density at radius 2 is 1.91 bits per heavy atom. The predicted octanol–water partition coefficient (Wildman–Crippen LogP) is 5.09. The van der Waals surface area contributed by atoms with Crippen molar-refractivity contribution in [2.24, 2.45) is 5.10 Å². The largest absolute Gasteiger partial charge is 0.506 e. The van der Waals surface area contributed by atoms with Gasteiger partial charge >= 0.3 is 0 Å². The molecule has 3 rings (SSSR count). The van der Waals surface area contributed by atoms with Crippen molar-refractivity contribution < 1.29 is 14.6 Å². The summed E-state index contributed by atoms with van der Waals surface area (Å²) in [5, 5.41) is 16.9. The summed E-state index contributed by atoms with van der Waals surface area (Å²) >= 11 is 9.27. The van der Waals surface area contributed by atoms with Crippen molar-refractivity contribution in [3.8, 4) is 11.5 Å². The molecule has 8 heteroatoms. The highest BCUT2D eigenvalue weighted by Gasteiger charge is 2.07. The van der Waals surface area contributed by atoms with Gasteiger partial charge in [-0.05, 0) is 85.1 Å². The fraction of sp³-hybridized carbons (Fsp3) is 0.200. The Kier molecular flexibility index (Phi) is 9.30. The smallest absolute Gasteiger partial charge is 0.271 e. The lowest BCUT2D eigenvalue weighted by molar-refractivity contribution is 0.0955. The third-order valence-electron chi connectivity index (χ3n) is 4.87. The fourth-order valence-electron chi connectivity index (χ4n) is 3.01. The van der Waals surface area contributed by atoms with E-state index in [0.29, 0.717) is 12.2 Å². The second kappa shape index (κ2) is 12.4. The van der Waals surface area contributed by atoms with Gasteiger partial charge in [-0.3, -0.25) is 4.79 Å². The third-order valence-corrected chi connectivity index (χ3v) is 5.70. The summed E-state index contributed by atoms with van der Waals surface area (Å²) in [4.78, 5) is 12.1. The highest BCUT2D eigenvalue weighted by molar-refractivity contribution is 9.10. The Hall–Kier alpha value is -2.87. The predicted molar refractivity (Wildman–Crippen MR) is 136 cm³/mol. The molecule has 0 aliphatic rings. The number of nitrogens with one attached hydrogen (secondary N) is 2. The molecule has 3 aromatic rings. The lowest BCUT2D eigenvalue weighted by atomic mass is 10.1. The number of ether oxygens (including phenoxy) is 1. The first-order valence-corrected chi connectivity index (χ1v) is 11.6. The molecule has 0 bridgehead atoms. The Morgan fingerprint density at radius 3 is 2.64 bits per heavy atom. The molecule has 0 spiro atoms. The molecule has 0 aromatic heterocycles. The van der Waals surface area contributed by atoms with Crippen molar-refractivity contribution in [3.63, 3.8) is 0 Å². The minimum atomic E-state index is -0.418. The number of hydrazone groups is 1. The molecule has 3 aromatic carbocycles. The quantitative estimate of drug-likeness (QED) is 0.194. The number of carbonyl (C=O) groups excluding carboxylic acids is 1. The molecular formula is C25H25BrClN3O3. The molecule has 33 heavy (non-hydrogen) atoms. The molecule has 0 saturated heterocycles. The van der Waals surface area contributed by atoms with Gasteiger partial charge in [0.1, 0.15) is 18.1 Å². The van der Waals surface area contributed by atoms with E-state index < -0.39 is 5.91 Å². The van der Waals surface area contributed by atoms with Crippen molar-refractivity contribution in [2.45, 2.75) is 13.3 Å². The van der Waals surface area contributed by atoms with Crippen LogP contribution in [0, 0.1) is 6.92 Å². The Bertz CT molecular complexity index is 1120. The van der Waals surface area contributed by atoms with Crippen LogP contribution >= 0.6 is 27.5 Å². The number of aromatic hydroxyl groups is 1. The summed E-state index contributed by atoms with van der Waals surface area (Å²) in [6.07, 6.45) is 2.54. The van der Waals surface area contributed by atoms with E-state index in [-0.39, 0.29) is 10.8 Å². The second-order valence-electron chi connectivity index (χ2n) is 7.36. The number of phenolic OH excluding ortho intramolecular Hbond substituents is 1. The normalized spacial score (nSPS) is 11.0. The van der Waals surface area contributed by atoms with Crippen molar-refractivity contribution in [1.82, 2.24) is 10.7 Å². The first-order valence-electron chi connectivity index (χ1n) is 10.4. The van der Waals surface area contributed by atoms with Crippen LogP contribution in [0.1, 0.15) is 27.0 Å². The fourth-order valence-corrected chi connectivity index (χ4v) is 3.45.